The summed E-state index contributed by atoms with van der Waals surface area (Å²) in [6.07, 6.45) is 1.94. The third-order valence-electron chi connectivity index (χ3n) is 8.90. The summed E-state index contributed by atoms with van der Waals surface area (Å²) in [6.45, 7) is 0. The Labute approximate surface area is 276 Å². The smallest absolute Gasteiger partial charge is 0.198 e. The predicted octanol–water partition coefficient (Wildman–Crippen LogP) is 9.45. The summed E-state index contributed by atoms with van der Waals surface area (Å²) in [5.74, 6) is 1.40. The quantitative estimate of drug-likeness (QED) is 0.145. The molecule has 9 rings (SSSR count). The van der Waals surface area contributed by atoms with Gasteiger partial charge in [-0.1, -0.05) is 103 Å². The van der Waals surface area contributed by atoms with Gasteiger partial charge in [0.1, 0.15) is 5.82 Å². The number of para-hydroxylation sites is 4. The van der Waals surface area contributed by atoms with Crippen LogP contribution in [-0.4, -0.2) is 21.5 Å². The van der Waals surface area contributed by atoms with Crippen molar-refractivity contribution in [3.8, 4) is 0 Å². The molecule has 0 fully saturated rings. The van der Waals surface area contributed by atoms with Crippen molar-refractivity contribution < 1.29 is 9.59 Å². The van der Waals surface area contributed by atoms with Gasteiger partial charge in [-0.15, -0.1) is 0 Å². The Kier molecular flexibility index (Phi) is 6.33. The molecule has 0 atom stereocenters. The number of Topliss-reactive ketones (excluding diaryl/α,β-unsaturated/α-hetero) is 2. The number of anilines is 4. The Bertz CT molecular complexity index is 2340. The number of aromatic nitrogens is 2. The van der Waals surface area contributed by atoms with Gasteiger partial charge in [-0.25, -0.2) is 9.97 Å². The second kappa shape index (κ2) is 11.0. The first-order valence-electron chi connectivity index (χ1n) is 15.8. The molecule has 1 aliphatic heterocycles. The minimum absolute atomic E-state index is 0.141. The molecule has 6 nitrogen and oxygen atoms in total. The van der Waals surface area contributed by atoms with Gasteiger partial charge >= 0.3 is 0 Å². The van der Waals surface area contributed by atoms with E-state index in [1.807, 2.05) is 158 Å². The highest BCUT2D eigenvalue weighted by Gasteiger charge is 2.40. The summed E-state index contributed by atoms with van der Waals surface area (Å²) in [5.41, 5.74) is 5.51. The van der Waals surface area contributed by atoms with E-state index in [4.69, 9.17) is 9.97 Å². The number of allylic oxidation sites excluding steroid dienone is 3. The van der Waals surface area contributed by atoms with E-state index < -0.39 is 0 Å². The van der Waals surface area contributed by atoms with E-state index >= 15 is 0 Å². The van der Waals surface area contributed by atoms with Crippen LogP contribution < -0.4 is 9.80 Å². The van der Waals surface area contributed by atoms with E-state index in [9.17, 15) is 9.59 Å². The molecule has 2 aliphatic rings. The molecule has 0 N–H and O–H groups in total. The average molecular weight is 619 g/mol. The van der Waals surface area contributed by atoms with Crippen LogP contribution >= 0.6 is 0 Å². The molecule has 0 amide bonds. The first-order valence-corrected chi connectivity index (χ1v) is 15.8. The number of carbonyl (C=O) groups is 2. The number of benzene rings is 6. The normalized spacial score (nSPS) is 13.8. The van der Waals surface area contributed by atoms with Crippen LogP contribution in [0.5, 0.6) is 0 Å². The highest BCUT2D eigenvalue weighted by molar-refractivity contribution is 6.43. The van der Waals surface area contributed by atoms with Crippen LogP contribution in [0.4, 0.5) is 23.0 Å². The van der Waals surface area contributed by atoms with Gasteiger partial charge in [0.25, 0.3) is 0 Å². The topological polar surface area (TPSA) is 66.4 Å². The molecular formula is C42H26N4O2. The minimum Gasteiger partial charge on any atom is -0.288 e. The van der Waals surface area contributed by atoms with Crippen LogP contribution in [0.25, 0.3) is 27.4 Å². The molecule has 7 aromatic rings. The molecule has 6 heteroatoms. The number of fused-ring (bicyclic) bond motifs is 4. The largest absolute Gasteiger partial charge is 0.288 e. The molecule has 2 heterocycles. The highest BCUT2D eigenvalue weighted by Crippen LogP contribution is 2.49. The van der Waals surface area contributed by atoms with Gasteiger partial charge in [0.05, 0.1) is 16.6 Å². The second-order valence-corrected chi connectivity index (χ2v) is 11.8. The van der Waals surface area contributed by atoms with Crippen LogP contribution in [0.2, 0.25) is 0 Å². The van der Waals surface area contributed by atoms with Gasteiger partial charge in [0.2, 0.25) is 0 Å². The Balaban J connectivity index is 1.36. The van der Waals surface area contributed by atoms with Crippen LogP contribution in [0, 0.1) is 0 Å². The minimum atomic E-state index is -0.286. The number of hydrogen-bond donors (Lipinski definition) is 0. The summed E-state index contributed by atoms with van der Waals surface area (Å²) in [4.78, 5) is 43.1. The summed E-state index contributed by atoms with van der Waals surface area (Å²) in [7, 11) is 0. The molecule has 0 bridgehead atoms. The number of carbonyl (C=O) groups excluding carboxylic acids is 2. The third-order valence-corrected chi connectivity index (χ3v) is 8.90. The summed E-state index contributed by atoms with van der Waals surface area (Å²) in [6, 6.07) is 48.9. The van der Waals surface area contributed by atoms with Gasteiger partial charge in [-0.2, -0.15) is 0 Å². The van der Waals surface area contributed by atoms with E-state index in [0.29, 0.717) is 34.2 Å². The van der Waals surface area contributed by atoms with Gasteiger partial charge in [0, 0.05) is 28.1 Å². The Morgan fingerprint density at radius 2 is 0.917 bits per heavy atom. The standard InChI is InChI=1S/C42H26N4O2/c47-39-33-24-28-16-10-11-17-29(28)25-34(33)40(48)38(39)32(27-14-4-1-5-15-27)26-37-45(30-18-6-2-7-19-30)41-42(46(37)31-20-8-3-9-21-31)44-36-23-13-12-22-35(36)43-41/h1-26H. The summed E-state index contributed by atoms with van der Waals surface area (Å²) < 4.78 is 0. The second-order valence-electron chi connectivity index (χ2n) is 11.8. The van der Waals surface area contributed by atoms with Crippen molar-refractivity contribution in [2.75, 3.05) is 9.80 Å². The van der Waals surface area contributed by atoms with Gasteiger partial charge in [0.15, 0.2) is 23.2 Å². The molecule has 0 spiro atoms. The van der Waals surface area contributed by atoms with Crippen LogP contribution in [0.15, 0.2) is 169 Å². The van der Waals surface area contributed by atoms with Crippen molar-refractivity contribution >= 4 is 62.0 Å². The first kappa shape index (κ1) is 27.6. The third kappa shape index (κ3) is 4.35. The molecule has 1 aliphatic carbocycles. The monoisotopic (exact) mass is 618 g/mol. The molecule has 1 aromatic heterocycles. The Hall–Kier alpha value is -6.66. The van der Waals surface area contributed by atoms with Crippen molar-refractivity contribution in [3.63, 3.8) is 0 Å². The fourth-order valence-corrected chi connectivity index (χ4v) is 6.67. The van der Waals surface area contributed by atoms with Crippen molar-refractivity contribution in [2.24, 2.45) is 0 Å². The molecule has 0 radical (unpaired) electrons. The maximum absolute atomic E-state index is 14.4. The van der Waals surface area contributed by atoms with Crippen molar-refractivity contribution in [1.82, 2.24) is 9.97 Å². The van der Waals surface area contributed by atoms with Crippen molar-refractivity contribution in [3.05, 3.63) is 186 Å². The van der Waals surface area contributed by atoms with E-state index in [0.717, 1.165) is 38.7 Å². The van der Waals surface area contributed by atoms with Crippen molar-refractivity contribution in [1.29, 1.82) is 0 Å². The van der Waals surface area contributed by atoms with Crippen LogP contribution in [0.3, 0.4) is 0 Å². The number of nitrogens with zero attached hydrogens (tertiary/aromatic N) is 4. The summed E-state index contributed by atoms with van der Waals surface area (Å²) in [5, 5.41) is 1.83. The zero-order valence-corrected chi connectivity index (χ0v) is 25.6. The SMILES string of the molecule is O=C1C(=C(C=C2N(c3ccccc3)c3nc4ccccc4nc3N2c2ccccc2)c2ccccc2)C(=O)c2cc3ccccc3cc21. The molecular weight excluding hydrogens is 592 g/mol. The van der Waals surface area contributed by atoms with Gasteiger partial charge < -0.3 is 0 Å². The van der Waals surface area contributed by atoms with Crippen molar-refractivity contribution in [2.45, 2.75) is 0 Å². The lowest BCUT2D eigenvalue weighted by Crippen LogP contribution is -2.22. The average Bonchev–Trinajstić information content (AvgIpc) is 3.58. The van der Waals surface area contributed by atoms with E-state index in [-0.39, 0.29) is 17.1 Å². The Morgan fingerprint density at radius 3 is 1.40 bits per heavy atom. The van der Waals surface area contributed by atoms with E-state index in [2.05, 4.69) is 9.80 Å². The fourth-order valence-electron chi connectivity index (χ4n) is 6.67. The summed E-state index contributed by atoms with van der Waals surface area (Å²) >= 11 is 0. The number of ketones is 2. The van der Waals surface area contributed by atoms with E-state index in [1.54, 1.807) is 0 Å². The predicted molar refractivity (Wildman–Crippen MR) is 191 cm³/mol. The molecule has 0 unspecified atom stereocenters. The zero-order valence-electron chi connectivity index (χ0n) is 25.6. The lowest BCUT2D eigenvalue weighted by atomic mass is 9.96. The van der Waals surface area contributed by atoms with E-state index in [1.165, 1.54) is 0 Å². The maximum atomic E-state index is 14.4. The zero-order chi connectivity index (χ0) is 32.2. The number of hydrogen-bond acceptors (Lipinski definition) is 6. The molecule has 48 heavy (non-hydrogen) atoms. The van der Waals surface area contributed by atoms with Crippen LogP contribution in [0.1, 0.15) is 26.3 Å². The lowest BCUT2D eigenvalue weighted by molar-refractivity contribution is 0.0990. The lowest BCUT2D eigenvalue weighted by Gasteiger charge is -2.25. The molecule has 6 aromatic carbocycles. The maximum Gasteiger partial charge on any atom is 0.198 e. The molecule has 226 valence electrons. The number of rotatable bonds is 4. The van der Waals surface area contributed by atoms with Gasteiger partial charge in [-0.05, 0) is 70.9 Å². The first-order chi connectivity index (χ1) is 23.7. The Morgan fingerprint density at radius 1 is 0.500 bits per heavy atom. The van der Waals surface area contributed by atoms with Gasteiger partial charge in [-0.3, -0.25) is 19.4 Å². The highest BCUT2D eigenvalue weighted by atomic mass is 16.2. The molecule has 0 saturated carbocycles. The fraction of sp³-hybridized carbons (Fsp3) is 0. The van der Waals surface area contributed by atoms with Crippen LogP contribution in [-0.2, 0) is 0 Å². The molecule has 0 saturated heterocycles.